The first kappa shape index (κ1) is 24.7. The number of hydrogen-bond acceptors (Lipinski definition) is 7. The molecule has 7 nitrogen and oxygen atoms in total. The Labute approximate surface area is 212 Å². The van der Waals surface area contributed by atoms with E-state index in [0.717, 1.165) is 41.5 Å². The minimum atomic E-state index is -0.232. The Morgan fingerprint density at radius 1 is 1.11 bits per heavy atom. The summed E-state index contributed by atoms with van der Waals surface area (Å²) in [6, 6.07) is 9.50. The number of aromatic nitrogens is 2. The van der Waals surface area contributed by atoms with E-state index < -0.39 is 0 Å². The molecule has 3 heterocycles. The summed E-state index contributed by atoms with van der Waals surface area (Å²) in [4.78, 5) is 14.1. The summed E-state index contributed by atoms with van der Waals surface area (Å²) in [6.45, 7) is 10.5. The summed E-state index contributed by atoms with van der Waals surface area (Å²) in [7, 11) is 1.64. The maximum absolute atomic E-state index is 13.7. The quantitative estimate of drug-likeness (QED) is 0.420. The van der Waals surface area contributed by atoms with Crippen LogP contribution in [0.2, 0.25) is 0 Å². The number of nitrogens with one attached hydrogen (secondary N) is 1. The molecule has 2 fully saturated rings. The van der Waals surface area contributed by atoms with E-state index in [1.54, 1.807) is 26.2 Å². The predicted molar refractivity (Wildman–Crippen MR) is 141 cm³/mol. The molecule has 5 rings (SSSR count). The Hall–Kier alpha value is -2.97. The number of fused-ring (bicyclic) bond motifs is 2. The van der Waals surface area contributed by atoms with E-state index >= 15 is 0 Å². The van der Waals surface area contributed by atoms with E-state index in [9.17, 15) is 4.39 Å². The number of likely N-dealkylation sites (tertiary alicyclic amines) is 2. The zero-order valence-electron chi connectivity index (χ0n) is 21.5. The van der Waals surface area contributed by atoms with Crippen LogP contribution in [0, 0.1) is 18.7 Å². The van der Waals surface area contributed by atoms with Crippen LogP contribution >= 0.6 is 0 Å². The molecule has 2 saturated heterocycles. The Balaban J connectivity index is 1.23. The second-order valence-corrected chi connectivity index (χ2v) is 9.87. The van der Waals surface area contributed by atoms with E-state index in [1.807, 2.05) is 12.1 Å². The van der Waals surface area contributed by atoms with Gasteiger partial charge in [0.05, 0.1) is 19.2 Å². The maximum Gasteiger partial charge on any atom is 0.162 e. The van der Waals surface area contributed by atoms with Gasteiger partial charge in [-0.3, -0.25) is 0 Å². The van der Waals surface area contributed by atoms with E-state index in [1.165, 1.54) is 51.4 Å². The van der Waals surface area contributed by atoms with Crippen LogP contribution in [0.5, 0.6) is 11.5 Å². The highest BCUT2D eigenvalue weighted by molar-refractivity contribution is 5.93. The fourth-order valence-corrected chi connectivity index (χ4v) is 5.72. The monoisotopic (exact) mass is 493 g/mol. The molecule has 2 aliphatic heterocycles. The average Bonchev–Trinajstić information content (AvgIpc) is 3.31. The third-order valence-corrected chi connectivity index (χ3v) is 7.66. The van der Waals surface area contributed by atoms with Gasteiger partial charge in [0.1, 0.15) is 18.0 Å². The Kier molecular flexibility index (Phi) is 7.53. The summed E-state index contributed by atoms with van der Waals surface area (Å²) in [5, 5.41) is 4.11. The number of ether oxygens (including phenoxy) is 2. The van der Waals surface area contributed by atoms with Gasteiger partial charge in [0.2, 0.25) is 0 Å². The van der Waals surface area contributed by atoms with Crippen molar-refractivity contribution in [1.29, 1.82) is 0 Å². The van der Waals surface area contributed by atoms with Crippen molar-refractivity contribution >= 4 is 22.4 Å². The molecule has 2 unspecified atom stereocenters. The number of aryl methyl sites for hydroxylation is 1. The second kappa shape index (κ2) is 11.0. The van der Waals surface area contributed by atoms with Gasteiger partial charge in [0.25, 0.3) is 0 Å². The lowest BCUT2D eigenvalue weighted by atomic mass is 9.93. The van der Waals surface area contributed by atoms with Crippen molar-refractivity contribution in [3.63, 3.8) is 0 Å². The fourth-order valence-electron chi connectivity index (χ4n) is 5.72. The molecule has 2 aromatic carbocycles. The first-order valence-electron chi connectivity index (χ1n) is 13.0. The molecule has 3 aromatic rings. The van der Waals surface area contributed by atoms with Crippen LogP contribution in [0.15, 0.2) is 36.7 Å². The Morgan fingerprint density at radius 3 is 2.81 bits per heavy atom. The van der Waals surface area contributed by atoms with Crippen LogP contribution in [-0.4, -0.2) is 72.3 Å². The van der Waals surface area contributed by atoms with Crippen LogP contribution in [-0.2, 0) is 0 Å². The van der Waals surface area contributed by atoms with Crippen LogP contribution in [0.25, 0.3) is 10.9 Å². The smallest absolute Gasteiger partial charge is 0.162 e. The highest BCUT2D eigenvalue weighted by Gasteiger charge is 2.37. The van der Waals surface area contributed by atoms with Crippen LogP contribution in [0.4, 0.5) is 15.9 Å². The molecule has 0 bridgehead atoms. The first-order valence-corrected chi connectivity index (χ1v) is 13.0. The molecule has 2 atom stereocenters. The molecule has 0 amide bonds. The number of rotatable bonds is 9. The molecule has 0 aliphatic carbocycles. The summed E-state index contributed by atoms with van der Waals surface area (Å²) >= 11 is 0. The minimum Gasteiger partial charge on any atom is -0.493 e. The van der Waals surface area contributed by atoms with Gasteiger partial charge in [-0.05, 0) is 81.6 Å². The number of piperidine rings is 1. The molecule has 1 N–H and O–H groups in total. The lowest BCUT2D eigenvalue weighted by Crippen LogP contribution is -2.46. The molecule has 36 heavy (non-hydrogen) atoms. The molecular weight excluding hydrogens is 457 g/mol. The molecule has 0 saturated carbocycles. The van der Waals surface area contributed by atoms with Crippen LogP contribution in [0.1, 0.15) is 31.7 Å². The molecular formula is C28H36FN5O2. The van der Waals surface area contributed by atoms with E-state index in [-0.39, 0.29) is 5.82 Å². The molecule has 192 valence electrons. The zero-order chi connectivity index (χ0) is 25.1. The van der Waals surface area contributed by atoms with E-state index in [0.29, 0.717) is 29.5 Å². The summed E-state index contributed by atoms with van der Waals surface area (Å²) in [6.07, 6.45) is 5.08. The molecule has 0 radical (unpaired) electrons. The van der Waals surface area contributed by atoms with Crippen molar-refractivity contribution < 1.29 is 13.9 Å². The number of methoxy groups -OCH3 is 1. The van der Waals surface area contributed by atoms with Crippen molar-refractivity contribution in [2.75, 3.05) is 51.8 Å². The van der Waals surface area contributed by atoms with Gasteiger partial charge in [-0.2, -0.15) is 0 Å². The molecule has 8 heteroatoms. The van der Waals surface area contributed by atoms with Crippen molar-refractivity contribution in [3.8, 4) is 11.5 Å². The van der Waals surface area contributed by atoms with Gasteiger partial charge in [0, 0.05) is 36.3 Å². The lowest BCUT2D eigenvalue weighted by Gasteiger charge is -2.37. The standard InChI is InChI=1S/C28H36FN5O2/c1-4-34-12-8-20-17-33(11-9-25(20)34)10-5-13-36-27-15-22-24(16-26(27)35-3)30-18-31-28(22)32-21-6-7-23(29)19(2)14-21/h6-7,14-16,18,20,25H,4-5,8-13,17H2,1-3H3,(H,30,31,32). The largest absolute Gasteiger partial charge is 0.493 e. The maximum atomic E-state index is 13.7. The second-order valence-electron chi connectivity index (χ2n) is 9.87. The summed E-state index contributed by atoms with van der Waals surface area (Å²) < 4.78 is 25.5. The van der Waals surface area contributed by atoms with Crippen LogP contribution in [0.3, 0.4) is 0 Å². The molecule has 2 aliphatic rings. The SMILES string of the molecule is CCN1CCC2CN(CCCOc3cc4c(Nc5ccc(F)c(C)c5)ncnc4cc3OC)CCC21. The Morgan fingerprint density at radius 2 is 2.00 bits per heavy atom. The zero-order valence-corrected chi connectivity index (χ0v) is 21.5. The molecule has 1 aromatic heterocycles. The minimum absolute atomic E-state index is 0.232. The predicted octanol–water partition coefficient (Wildman–Crippen LogP) is 5.01. The average molecular weight is 494 g/mol. The Bertz CT molecular complexity index is 1210. The van der Waals surface area contributed by atoms with Gasteiger partial charge in [-0.15, -0.1) is 0 Å². The van der Waals surface area contributed by atoms with Gasteiger partial charge < -0.3 is 24.6 Å². The highest BCUT2D eigenvalue weighted by Crippen LogP contribution is 2.35. The number of benzene rings is 2. The van der Waals surface area contributed by atoms with Gasteiger partial charge in [-0.1, -0.05) is 6.92 Å². The van der Waals surface area contributed by atoms with Gasteiger partial charge in [-0.25, -0.2) is 14.4 Å². The third-order valence-electron chi connectivity index (χ3n) is 7.66. The van der Waals surface area contributed by atoms with Crippen molar-refractivity contribution in [1.82, 2.24) is 19.8 Å². The first-order chi connectivity index (χ1) is 17.6. The lowest BCUT2D eigenvalue weighted by molar-refractivity contribution is 0.109. The summed E-state index contributed by atoms with van der Waals surface area (Å²) in [5.74, 6) is 2.54. The number of nitrogens with zero attached hydrogens (tertiary/aromatic N) is 4. The highest BCUT2D eigenvalue weighted by atomic mass is 19.1. The summed E-state index contributed by atoms with van der Waals surface area (Å²) in [5.41, 5.74) is 2.08. The third kappa shape index (κ3) is 5.25. The van der Waals surface area contributed by atoms with Gasteiger partial charge >= 0.3 is 0 Å². The normalized spacial score (nSPS) is 20.4. The number of anilines is 2. The van der Waals surface area contributed by atoms with E-state index in [2.05, 4.69) is 32.0 Å². The van der Waals surface area contributed by atoms with Crippen LogP contribution < -0.4 is 14.8 Å². The fraction of sp³-hybridized carbons (Fsp3) is 0.500. The topological polar surface area (TPSA) is 62.8 Å². The number of halogens is 1. The number of hydrogen-bond donors (Lipinski definition) is 1. The van der Waals surface area contributed by atoms with Gasteiger partial charge in [0.15, 0.2) is 11.5 Å². The molecule has 0 spiro atoms. The van der Waals surface area contributed by atoms with Crippen molar-refractivity contribution in [2.24, 2.45) is 5.92 Å². The van der Waals surface area contributed by atoms with Crippen molar-refractivity contribution in [2.45, 2.75) is 39.2 Å². The van der Waals surface area contributed by atoms with E-state index in [4.69, 9.17) is 9.47 Å². The van der Waals surface area contributed by atoms with Crippen molar-refractivity contribution in [3.05, 3.63) is 48.0 Å².